The second-order valence-electron chi connectivity index (χ2n) is 4.85. The highest BCUT2D eigenvalue weighted by Gasteiger charge is 2.34. The van der Waals surface area contributed by atoms with Gasteiger partial charge in [0.15, 0.2) is 4.90 Å². The van der Waals surface area contributed by atoms with Gasteiger partial charge >= 0.3 is 0 Å². The normalized spacial score (nSPS) is 17.0. The summed E-state index contributed by atoms with van der Waals surface area (Å²) >= 11 is 0. The molecule has 0 amide bonds. The predicted molar refractivity (Wildman–Crippen MR) is 76.3 cm³/mol. The molecule has 116 valence electrons. The van der Waals surface area contributed by atoms with Gasteiger partial charge in [-0.15, -0.1) is 0 Å². The van der Waals surface area contributed by atoms with Crippen molar-refractivity contribution in [2.45, 2.75) is 23.8 Å². The quantitative estimate of drug-likeness (QED) is 0.503. The molecule has 1 aliphatic rings. The summed E-state index contributed by atoms with van der Waals surface area (Å²) in [5.41, 5.74) is 5.27. The highest BCUT2D eigenvalue weighted by atomic mass is 32.2. The minimum absolute atomic E-state index is 0.166. The van der Waals surface area contributed by atoms with Gasteiger partial charge in [-0.2, -0.15) is 4.31 Å². The molecule has 2 rings (SSSR count). The van der Waals surface area contributed by atoms with Crippen molar-refractivity contribution in [3.05, 3.63) is 28.3 Å². The number of ether oxygens (including phenoxy) is 1. The second-order valence-corrected chi connectivity index (χ2v) is 6.81. The van der Waals surface area contributed by atoms with Crippen LogP contribution in [0.25, 0.3) is 0 Å². The molecule has 1 aliphatic heterocycles. The van der Waals surface area contributed by atoms with Gasteiger partial charge in [-0.25, -0.2) is 8.42 Å². The molecular formula is C12H17N3O5S. The number of sulfonamides is 1. The van der Waals surface area contributed by atoms with E-state index in [-0.39, 0.29) is 16.6 Å². The molecule has 1 heterocycles. The molecular weight excluding hydrogens is 298 g/mol. The van der Waals surface area contributed by atoms with Crippen LogP contribution in [-0.4, -0.2) is 43.9 Å². The lowest BCUT2D eigenvalue weighted by molar-refractivity contribution is -0.387. The van der Waals surface area contributed by atoms with Crippen LogP contribution in [0, 0.1) is 10.1 Å². The molecule has 1 aromatic rings. The molecule has 0 unspecified atom stereocenters. The van der Waals surface area contributed by atoms with E-state index in [2.05, 4.69) is 0 Å². The van der Waals surface area contributed by atoms with Crippen LogP contribution in [0.15, 0.2) is 23.1 Å². The number of anilines is 1. The van der Waals surface area contributed by atoms with Gasteiger partial charge in [-0.3, -0.25) is 10.1 Å². The van der Waals surface area contributed by atoms with Crippen molar-refractivity contribution in [2.24, 2.45) is 0 Å². The summed E-state index contributed by atoms with van der Waals surface area (Å²) in [6, 6.07) is 3.32. The highest BCUT2D eigenvalue weighted by molar-refractivity contribution is 7.89. The van der Waals surface area contributed by atoms with E-state index in [0.717, 1.165) is 12.1 Å². The van der Waals surface area contributed by atoms with Crippen LogP contribution in [-0.2, 0) is 14.8 Å². The number of nitrogens with two attached hydrogens (primary N) is 1. The SMILES string of the molecule is CN(C1CCOCC1)S(=O)(=O)c1cc(N)ccc1[N+](=O)[O-]. The van der Waals surface area contributed by atoms with E-state index >= 15 is 0 Å². The number of rotatable bonds is 4. The highest BCUT2D eigenvalue weighted by Crippen LogP contribution is 2.30. The van der Waals surface area contributed by atoms with Crippen molar-refractivity contribution in [1.29, 1.82) is 0 Å². The first kappa shape index (κ1) is 15.7. The van der Waals surface area contributed by atoms with Crippen LogP contribution < -0.4 is 5.73 Å². The van der Waals surface area contributed by atoms with Crippen molar-refractivity contribution in [3.63, 3.8) is 0 Å². The van der Waals surface area contributed by atoms with Crippen LogP contribution >= 0.6 is 0 Å². The third kappa shape index (κ3) is 3.14. The Morgan fingerprint density at radius 1 is 1.38 bits per heavy atom. The average Bonchev–Trinajstić information content (AvgIpc) is 2.47. The maximum atomic E-state index is 12.6. The summed E-state index contributed by atoms with van der Waals surface area (Å²) in [6.07, 6.45) is 1.12. The molecule has 8 nitrogen and oxygen atoms in total. The smallest absolute Gasteiger partial charge is 0.289 e. The standard InChI is InChI=1S/C12H17N3O5S/c1-14(10-4-6-20-7-5-10)21(18,19)12-8-9(13)2-3-11(12)15(16)17/h2-3,8,10H,4-7,13H2,1H3. The summed E-state index contributed by atoms with van der Waals surface area (Å²) in [6.45, 7) is 0.951. The van der Waals surface area contributed by atoms with Crippen LogP contribution in [0.3, 0.4) is 0 Å². The molecule has 1 fully saturated rings. The van der Waals surface area contributed by atoms with E-state index in [0.29, 0.717) is 26.1 Å². The molecule has 1 saturated heterocycles. The fourth-order valence-electron chi connectivity index (χ4n) is 2.29. The zero-order chi connectivity index (χ0) is 15.6. The maximum absolute atomic E-state index is 12.6. The van der Waals surface area contributed by atoms with Crippen LogP contribution in [0.2, 0.25) is 0 Å². The van der Waals surface area contributed by atoms with E-state index in [1.54, 1.807) is 0 Å². The van der Waals surface area contributed by atoms with Gasteiger partial charge in [0.2, 0.25) is 10.0 Å². The first-order valence-electron chi connectivity index (χ1n) is 6.43. The molecule has 1 aromatic carbocycles. The van der Waals surface area contributed by atoms with Crippen LogP contribution in [0.4, 0.5) is 11.4 Å². The Balaban J connectivity index is 2.43. The maximum Gasteiger partial charge on any atom is 0.289 e. The van der Waals surface area contributed by atoms with Crippen LogP contribution in [0.1, 0.15) is 12.8 Å². The van der Waals surface area contributed by atoms with Crippen molar-refractivity contribution < 1.29 is 18.1 Å². The van der Waals surface area contributed by atoms with E-state index in [9.17, 15) is 18.5 Å². The van der Waals surface area contributed by atoms with Gasteiger partial charge in [0.05, 0.1) is 4.92 Å². The Morgan fingerprint density at radius 3 is 2.57 bits per heavy atom. The van der Waals surface area contributed by atoms with Gasteiger partial charge in [-0.05, 0) is 25.0 Å². The number of nitrogen functional groups attached to an aromatic ring is 1. The van der Waals surface area contributed by atoms with E-state index < -0.39 is 20.6 Å². The molecule has 21 heavy (non-hydrogen) atoms. The van der Waals surface area contributed by atoms with Gasteiger partial charge < -0.3 is 10.5 Å². The fourth-order valence-corrected chi connectivity index (χ4v) is 3.89. The van der Waals surface area contributed by atoms with Crippen molar-refractivity contribution in [1.82, 2.24) is 4.31 Å². The Bertz CT molecular complexity index is 640. The second kappa shape index (κ2) is 5.96. The largest absolute Gasteiger partial charge is 0.399 e. The molecule has 0 atom stereocenters. The monoisotopic (exact) mass is 315 g/mol. The Kier molecular flexibility index (Phi) is 4.45. The minimum atomic E-state index is -3.98. The lowest BCUT2D eigenvalue weighted by Crippen LogP contribution is -2.40. The van der Waals surface area contributed by atoms with E-state index in [4.69, 9.17) is 10.5 Å². The number of nitro benzene ring substituents is 1. The van der Waals surface area contributed by atoms with Gasteiger partial charge in [-0.1, -0.05) is 0 Å². The van der Waals surface area contributed by atoms with E-state index in [1.807, 2.05) is 0 Å². The Morgan fingerprint density at radius 2 is 2.00 bits per heavy atom. The summed E-state index contributed by atoms with van der Waals surface area (Å²) in [5, 5.41) is 11.0. The number of benzene rings is 1. The Hall–Kier alpha value is -1.71. The van der Waals surface area contributed by atoms with Crippen molar-refractivity contribution in [3.8, 4) is 0 Å². The molecule has 0 radical (unpaired) electrons. The van der Waals surface area contributed by atoms with Gasteiger partial charge in [0.1, 0.15) is 0 Å². The average molecular weight is 315 g/mol. The molecule has 9 heteroatoms. The molecule has 0 saturated carbocycles. The molecule has 2 N–H and O–H groups in total. The topological polar surface area (TPSA) is 116 Å². The number of hydrogen-bond donors (Lipinski definition) is 1. The molecule has 0 bridgehead atoms. The minimum Gasteiger partial charge on any atom is -0.399 e. The number of hydrogen-bond acceptors (Lipinski definition) is 6. The lowest BCUT2D eigenvalue weighted by atomic mass is 10.1. The fraction of sp³-hybridized carbons (Fsp3) is 0.500. The van der Waals surface area contributed by atoms with Crippen molar-refractivity contribution in [2.75, 3.05) is 26.0 Å². The first-order valence-corrected chi connectivity index (χ1v) is 7.87. The summed E-state index contributed by atoms with van der Waals surface area (Å²) in [5.74, 6) is 0. The predicted octanol–water partition coefficient (Wildman–Crippen LogP) is 0.976. The summed E-state index contributed by atoms with van der Waals surface area (Å²) in [7, 11) is -2.55. The number of nitrogens with zero attached hydrogens (tertiary/aromatic N) is 2. The van der Waals surface area contributed by atoms with Gasteiger partial charge in [0, 0.05) is 38.1 Å². The van der Waals surface area contributed by atoms with E-state index in [1.165, 1.54) is 17.4 Å². The third-order valence-corrected chi connectivity index (χ3v) is 5.48. The third-order valence-electron chi connectivity index (χ3n) is 3.54. The lowest BCUT2D eigenvalue weighted by Gasteiger charge is -2.30. The zero-order valence-electron chi connectivity index (χ0n) is 11.6. The van der Waals surface area contributed by atoms with Crippen molar-refractivity contribution >= 4 is 21.4 Å². The van der Waals surface area contributed by atoms with Crippen LogP contribution in [0.5, 0.6) is 0 Å². The first-order chi connectivity index (χ1) is 9.84. The molecule has 0 spiro atoms. The summed E-state index contributed by atoms with van der Waals surface area (Å²) in [4.78, 5) is 9.95. The number of nitro groups is 1. The Labute approximate surface area is 122 Å². The molecule has 0 aromatic heterocycles. The van der Waals surface area contributed by atoms with Gasteiger partial charge in [0.25, 0.3) is 5.69 Å². The summed E-state index contributed by atoms with van der Waals surface area (Å²) < 4.78 is 31.6. The molecule has 0 aliphatic carbocycles. The zero-order valence-corrected chi connectivity index (χ0v) is 12.4.